The first kappa shape index (κ1) is 24.9. The summed E-state index contributed by atoms with van der Waals surface area (Å²) in [7, 11) is 0. The summed E-state index contributed by atoms with van der Waals surface area (Å²) in [5.74, 6) is 1.72. The normalized spacial score (nSPS) is 28.9. The van der Waals surface area contributed by atoms with Crippen LogP contribution in [0.4, 0.5) is 4.39 Å². The van der Waals surface area contributed by atoms with Gasteiger partial charge in [-0.15, -0.1) is 23.5 Å². The van der Waals surface area contributed by atoms with E-state index < -0.39 is 12.2 Å². The highest BCUT2D eigenvalue weighted by Crippen LogP contribution is 2.61. The van der Waals surface area contributed by atoms with Gasteiger partial charge in [-0.05, 0) is 71.1 Å². The number of esters is 1. The number of hydrogen-bond acceptors (Lipinski definition) is 5. The van der Waals surface area contributed by atoms with Crippen LogP contribution in [-0.4, -0.2) is 38.9 Å². The maximum absolute atomic E-state index is 14.1. The van der Waals surface area contributed by atoms with Crippen molar-refractivity contribution in [3.05, 3.63) is 52.9 Å². The van der Waals surface area contributed by atoms with Crippen LogP contribution in [0.5, 0.6) is 0 Å². The summed E-state index contributed by atoms with van der Waals surface area (Å²) in [5, 5.41) is 10.00. The zero-order valence-corrected chi connectivity index (χ0v) is 21.9. The Balaban J connectivity index is 1.75. The third kappa shape index (κ3) is 5.54. The molecule has 0 bridgehead atoms. The highest BCUT2D eigenvalue weighted by molar-refractivity contribution is 8.18. The number of thioether (sulfide) groups is 2. The smallest absolute Gasteiger partial charge is 0.309 e. The molecular formula is C27H35FO3S2. The monoisotopic (exact) mass is 490 g/mol. The summed E-state index contributed by atoms with van der Waals surface area (Å²) in [5.41, 5.74) is 4.38. The fourth-order valence-corrected chi connectivity index (χ4v) is 8.84. The summed E-state index contributed by atoms with van der Waals surface area (Å²) in [6.45, 7) is 11.1. The molecule has 2 saturated heterocycles. The van der Waals surface area contributed by atoms with Crippen LogP contribution in [0.15, 0.2) is 35.9 Å². The Morgan fingerprint density at radius 3 is 2.52 bits per heavy atom. The topological polar surface area (TPSA) is 46.5 Å². The molecule has 4 rings (SSSR count). The van der Waals surface area contributed by atoms with Gasteiger partial charge in [0.15, 0.2) is 0 Å². The lowest BCUT2D eigenvalue weighted by molar-refractivity contribution is -0.156. The van der Waals surface area contributed by atoms with E-state index in [2.05, 4.69) is 57.3 Å². The first-order valence-electron chi connectivity index (χ1n) is 11.7. The molecule has 2 atom stereocenters. The van der Waals surface area contributed by atoms with E-state index in [0.717, 1.165) is 29.9 Å². The van der Waals surface area contributed by atoms with E-state index in [0.29, 0.717) is 17.4 Å². The number of allylic oxidation sites excluding steroid dienone is 3. The van der Waals surface area contributed by atoms with Crippen molar-refractivity contribution in [1.82, 2.24) is 0 Å². The SMILES string of the molecule is Cc1cc(C2=C(C=C[C@@H]3C[C@@H](O)CC(=O)O3)C(C)(C)CC3(C2)SCC(C)(C)CS3)ccc1F. The Morgan fingerprint density at radius 2 is 1.88 bits per heavy atom. The van der Waals surface area contributed by atoms with Crippen molar-refractivity contribution in [3.8, 4) is 0 Å². The lowest BCUT2D eigenvalue weighted by Gasteiger charge is -2.50. The average molecular weight is 491 g/mol. The van der Waals surface area contributed by atoms with Crippen LogP contribution < -0.4 is 0 Å². The Hall–Kier alpha value is -1.24. The minimum Gasteiger partial charge on any atom is -0.458 e. The molecule has 33 heavy (non-hydrogen) atoms. The molecule has 2 fully saturated rings. The van der Waals surface area contributed by atoms with E-state index in [4.69, 9.17) is 4.74 Å². The fraction of sp³-hybridized carbons (Fsp3) is 0.593. The lowest BCUT2D eigenvalue weighted by Crippen LogP contribution is -2.41. The van der Waals surface area contributed by atoms with Gasteiger partial charge in [0.2, 0.25) is 0 Å². The van der Waals surface area contributed by atoms with Crippen molar-refractivity contribution >= 4 is 35.1 Å². The summed E-state index contributed by atoms with van der Waals surface area (Å²) >= 11 is 4.16. The molecule has 1 aromatic carbocycles. The number of hydrogen-bond donors (Lipinski definition) is 1. The van der Waals surface area contributed by atoms with Crippen LogP contribution in [0.2, 0.25) is 0 Å². The lowest BCUT2D eigenvalue weighted by atomic mass is 9.70. The highest BCUT2D eigenvalue weighted by Gasteiger charge is 2.48. The first-order valence-corrected chi connectivity index (χ1v) is 13.7. The second-order valence-corrected chi connectivity index (χ2v) is 14.2. The minimum atomic E-state index is -0.657. The van der Waals surface area contributed by atoms with Gasteiger partial charge in [0, 0.05) is 17.9 Å². The number of aliphatic hydroxyl groups excluding tert-OH is 1. The predicted octanol–water partition coefficient (Wildman–Crippen LogP) is 6.53. The summed E-state index contributed by atoms with van der Waals surface area (Å²) in [6, 6.07) is 5.42. The van der Waals surface area contributed by atoms with Gasteiger partial charge in [-0.3, -0.25) is 4.79 Å². The van der Waals surface area contributed by atoms with E-state index in [1.165, 1.54) is 11.1 Å². The predicted molar refractivity (Wildman–Crippen MR) is 137 cm³/mol. The van der Waals surface area contributed by atoms with Gasteiger partial charge in [0.25, 0.3) is 0 Å². The fourth-order valence-electron chi connectivity index (χ4n) is 5.09. The molecule has 6 heteroatoms. The molecule has 1 N–H and O–H groups in total. The number of aliphatic hydroxyl groups is 1. The Morgan fingerprint density at radius 1 is 1.18 bits per heavy atom. The number of halogens is 1. The molecule has 1 spiro atoms. The van der Waals surface area contributed by atoms with Gasteiger partial charge in [0.1, 0.15) is 11.9 Å². The van der Waals surface area contributed by atoms with Crippen LogP contribution in [-0.2, 0) is 9.53 Å². The first-order chi connectivity index (χ1) is 15.4. The van der Waals surface area contributed by atoms with Crippen molar-refractivity contribution < 1.29 is 19.0 Å². The molecule has 0 saturated carbocycles. The molecule has 0 unspecified atom stereocenters. The quantitative estimate of drug-likeness (QED) is 0.488. The van der Waals surface area contributed by atoms with Crippen LogP contribution in [0.3, 0.4) is 0 Å². The zero-order chi connectivity index (χ0) is 24.0. The second kappa shape index (κ2) is 9.09. The van der Waals surface area contributed by atoms with Crippen LogP contribution in [0.25, 0.3) is 5.57 Å². The largest absolute Gasteiger partial charge is 0.458 e. The number of aryl methyl sites for hydroxylation is 1. The molecule has 1 aliphatic carbocycles. The molecule has 1 aromatic rings. The van der Waals surface area contributed by atoms with Crippen molar-refractivity contribution in [1.29, 1.82) is 0 Å². The molecule has 0 aromatic heterocycles. The van der Waals surface area contributed by atoms with E-state index in [1.54, 1.807) is 6.07 Å². The molecule has 0 radical (unpaired) electrons. The number of carbonyl (C=O) groups is 1. The molecule has 3 aliphatic rings. The number of rotatable bonds is 3. The molecule has 180 valence electrons. The summed E-state index contributed by atoms with van der Waals surface area (Å²) in [6.07, 6.45) is 5.39. The van der Waals surface area contributed by atoms with Gasteiger partial charge in [-0.1, -0.05) is 39.8 Å². The number of ether oxygens (including phenoxy) is 1. The third-order valence-electron chi connectivity index (χ3n) is 6.84. The summed E-state index contributed by atoms with van der Waals surface area (Å²) in [4.78, 5) is 11.8. The van der Waals surface area contributed by atoms with Crippen molar-refractivity contribution in [3.63, 3.8) is 0 Å². The zero-order valence-electron chi connectivity index (χ0n) is 20.2. The summed E-state index contributed by atoms with van der Waals surface area (Å²) < 4.78 is 19.7. The van der Waals surface area contributed by atoms with E-state index in [1.807, 2.05) is 25.1 Å². The van der Waals surface area contributed by atoms with Crippen molar-refractivity contribution in [2.45, 2.75) is 76.6 Å². The molecule has 2 aliphatic heterocycles. The van der Waals surface area contributed by atoms with Gasteiger partial charge in [-0.25, -0.2) is 4.39 Å². The van der Waals surface area contributed by atoms with E-state index >= 15 is 0 Å². The maximum Gasteiger partial charge on any atom is 0.309 e. The van der Waals surface area contributed by atoms with Crippen LogP contribution in [0.1, 0.15) is 64.5 Å². The Bertz CT molecular complexity index is 985. The molecule has 2 heterocycles. The second-order valence-electron chi connectivity index (χ2n) is 11.2. The third-order valence-corrected chi connectivity index (χ3v) is 11.0. The Kier molecular flexibility index (Phi) is 6.85. The van der Waals surface area contributed by atoms with Crippen molar-refractivity contribution in [2.75, 3.05) is 11.5 Å². The maximum atomic E-state index is 14.1. The highest BCUT2D eigenvalue weighted by atomic mass is 32.2. The van der Waals surface area contributed by atoms with E-state index in [-0.39, 0.29) is 27.7 Å². The van der Waals surface area contributed by atoms with Gasteiger partial charge >= 0.3 is 5.97 Å². The average Bonchev–Trinajstić information content (AvgIpc) is 2.70. The van der Waals surface area contributed by atoms with Crippen molar-refractivity contribution in [2.24, 2.45) is 10.8 Å². The van der Waals surface area contributed by atoms with Gasteiger partial charge < -0.3 is 9.84 Å². The van der Waals surface area contributed by atoms with Gasteiger partial charge in [-0.2, -0.15) is 0 Å². The van der Waals surface area contributed by atoms with Gasteiger partial charge in [0.05, 0.1) is 16.6 Å². The number of carbonyl (C=O) groups excluding carboxylic acids is 1. The van der Waals surface area contributed by atoms with Crippen LogP contribution in [0, 0.1) is 23.6 Å². The number of benzene rings is 1. The molecule has 3 nitrogen and oxygen atoms in total. The number of cyclic esters (lactones) is 1. The molecule has 0 amide bonds. The minimum absolute atomic E-state index is 0.0615. The van der Waals surface area contributed by atoms with Crippen LogP contribution >= 0.6 is 23.5 Å². The molecular weight excluding hydrogens is 455 g/mol. The van der Waals surface area contributed by atoms with E-state index in [9.17, 15) is 14.3 Å². The standard InChI is InChI=1S/C27H35FO3S2/c1-17-10-18(6-9-23(17)28)21-13-27(32-15-25(2,3)16-33-27)14-26(4,5)22(21)8-7-20-11-19(29)12-24(30)31-20/h6-10,19-20,29H,11-16H2,1-5H3/t19-,20-/m1/s1. The Labute approximate surface area is 205 Å².